The smallest absolute Gasteiger partial charge is 0.256 e. The molecule has 8 heteroatoms. The molecule has 2 heterocycles. The fraction of sp³-hybridized carbons (Fsp3) is 0.214. The fourth-order valence-electron chi connectivity index (χ4n) is 2.57. The van der Waals surface area contributed by atoms with E-state index >= 15 is 0 Å². The van der Waals surface area contributed by atoms with Gasteiger partial charge in [-0.3, -0.25) is 4.79 Å². The van der Waals surface area contributed by atoms with Crippen LogP contribution in [0.5, 0.6) is 0 Å². The third kappa shape index (κ3) is 2.34. The minimum absolute atomic E-state index is 0.0990. The van der Waals surface area contributed by atoms with Gasteiger partial charge in [0.1, 0.15) is 5.82 Å². The Labute approximate surface area is 137 Å². The number of hydrogen-bond acceptors (Lipinski definition) is 5. The Morgan fingerprint density at radius 1 is 1.32 bits per heavy atom. The first-order valence-electron chi connectivity index (χ1n) is 6.56. The van der Waals surface area contributed by atoms with Crippen LogP contribution in [-0.2, 0) is 6.54 Å². The van der Waals surface area contributed by atoms with Crippen molar-refractivity contribution in [1.29, 1.82) is 0 Å². The van der Waals surface area contributed by atoms with Crippen LogP contribution in [0.1, 0.15) is 34.6 Å². The molecule has 1 atom stereocenters. The molecule has 22 heavy (non-hydrogen) atoms. The van der Waals surface area contributed by atoms with Gasteiger partial charge in [0.25, 0.3) is 5.91 Å². The summed E-state index contributed by atoms with van der Waals surface area (Å²) in [6.45, 7) is 2.18. The highest BCUT2D eigenvalue weighted by Gasteiger charge is 2.35. The number of aromatic nitrogens is 2. The van der Waals surface area contributed by atoms with Crippen molar-refractivity contribution in [3.8, 4) is 0 Å². The number of amides is 1. The highest BCUT2D eigenvalue weighted by molar-refractivity contribution is 6.36. The Kier molecular flexibility index (Phi) is 3.58. The Bertz CT molecular complexity index is 780. The van der Waals surface area contributed by atoms with Gasteiger partial charge in [-0.15, -0.1) is 0 Å². The second-order valence-electron chi connectivity index (χ2n) is 5.06. The number of anilines is 2. The maximum atomic E-state index is 12.7. The third-order valence-electron chi connectivity index (χ3n) is 3.70. The molecule has 1 amide bonds. The maximum absolute atomic E-state index is 12.7. The highest BCUT2D eigenvalue weighted by atomic mass is 35.5. The number of halogens is 2. The van der Waals surface area contributed by atoms with Crippen LogP contribution in [0.3, 0.4) is 0 Å². The van der Waals surface area contributed by atoms with Gasteiger partial charge in [0.05, 0.1) is 28.9 Å². The number of carbonyl (C=O) groups is 1. The van der Waals surface area contributed by atoms with Crippen LogP contribution in [0, 0.1) is 0 Å². The van der Waals surface area contributed by atoms with Gasteiger partial charge in [0.2, 0.25) is 5.95 Å². The van der Waals surface area contributed by atoms with Gasteiger partial charge < -0.3 is 16.4 Å². The van der Waals surface area contributed by atoms with Crippen molar-refractivity contribution in [2.75, 3.05) is 11.5 Å². The lowest BCUT2D eigenvalue weighted by atomic mass is 10.1. The summed E-state index contributed by atoms with van der Waals surface area (Å²) in [5.41, 5.74) is 13.3. The van der Waals surface area contributed by atoms with E-state index in [4.69, 9.17) is 34.7 Å². The van der Waals surface area contributed by atoms with Crippen molar-refractivity contribution in [3.63, 3.8) is 0 Å². The number of benzene rings is 1. The number of rotatable bonds is 1. The molecular weight excluding hydrogens is 325 g/mol. The Hall–Kier alpha value is -2.05. The molecule has 114 valence electrons. The summed E-state index contributed by atoms with van der Waals surface area (Å²) in [4.78, 5) is 22.5. The molecule has 1 unspecified atom stereocenters. The van der Waals surface area contributed by atoms with Gasteiger partial charge in [-0.25, -0.2) is 4.98 Å². The molecule has 0 spiro atoms. The number of fused-ring (bicyclic) bond motifs is 1. The van der Waals surface area contributed by atoms with Gasteiger partial charge in [-0.1, -0.05) is 23.2 Å². The van der Waals surface area contributed by atoms with Crippen LogP contribution < -0.4 is 11.5 Å². The summed E-state index contributed by atoms with van der Waals surface area (Å²) >= 11 is 12.0. The minimum atomic E-state index is -0.262. The third-order valence-corrected chi connectivity index (χ3v) is 4.25. The molecule has 0 radical (unpaired) electrons. The molecule has 0 fully saturated rings. The zero-order chi connectivity index (χ0) is 16.0. The summed E-state index contributed by atoms with van der Waals surface area (Å²) in [6, 6.07) is 4.50. The quantitative estimate of drug-likeness (QED) is 0.833. The molecule has 0 bridgehead atoms. The molecule has 0 saturated carbocycles. The predicted octanol–water partition coefficient (Wildman–Crippen LogP) is 2.66. The molecule has 2 aromatic rings. The van der Waals surface area contributed by atoms with Crippen LogP contribution in [0.25, 0.3) is 0 Å². The summed E-state index contributed by atoms with van der Waals surface area (Å²) in [5.74, 6) is 0.180. The first-order chi connectivity index (χ1) is 10.4. The number of hydrogen-bond donors (Lipinski definition) is 2. The van der Waals surface area contributed by atoms with Crippen molar-refractivity contribution in [1.82, 2.24) is 14.9 Å². The van der Waals surface area contributed by atoms with E-state index in [1.165, 1.54) is 6.07 Å². The average molecular weight is 338 g/mol. The van der Waals surface area contributed by atoms with E-state index in [9.17, 15) is 4.79 Å². The largest absolute Gasteiger partial charge is 0.383 e. The van der Waals surface area contributed by atoms with Gasteiger partial charge in [0, 0.05) is 10.6 Å². The molecule has 1 aromatic carbocycles. The summed E-state index contributed by atoms with van der Waals surface area (Å²) in [5, 5.41) is 0.779. The van der Waals surface area contributed by atoms with E-state index in [2.05, 4.69) is 9.97 Å². The van der Waals surface area contributed by atoms with Crippen molar-refractivity contribution in [2.45, 2.75) is 19.5 Å². The summed E-state index contributed by atoms with van der Waals surface area (Å²) in [7, 11) is 0. The highest BCUT2D eigenvalue weighted by Crippen LogP contribution is 2.36. The van der Waals surface area contributed by atoms with Gasteiger partial charge in [0.15, 0.2) is 0 Å². The minimum Gasteiger partial charge on any atom is -0.383 e. The molecule has 4 N–H and O–H groups in total. The number of nitrogens with zero attached hydrogens (tertiary/aromatic N) is 3. The van der Waals surface area contributed by atoms with Crippen molar-refractivity contribution in [3.05, 3.63) is 45.1 Å². The first kappa shape index (κ1) is 14.9. The van der Waals surface area contributed by atoms with E-state index < -0.39 is 0 Å². The predicted molar refractivity (Wildman–Crippen MR) is 85.6 cm³/mol. The van der Waals surface area contributed by atoms with Crippen LogP contribution in [0.15, 0.2) is 18.2 Å². The zero-order valence-corrected chi connectivity index (χ0v) is 13.2. The standard InChI is InChI=1S/C14H13Cl2N5O/c1-6-11-9(12(17)20-14(18)19-11)5-21(6)13(22)8-3-2-7(15)4-10(8)16/h2-4,6H,5H2,1H3,(H4,17,18,19,20). The van der Waals surface area contributed by atoms with Gasteiger partial charge >= 0.3 is 0 Å². The van der Waals surface area contributed by atoms with Crippen molar-refractivity contribution < 1.29 is 4.79 Å². The summed E-state index contributed by atoms with van der Waals surface area (Å²) in [6.07, 6.45) is 0. The SMILES string of the molecule is CC1c2nc(N)nc(N)c2CN1C(=O)c1ccc(Cl)cc1Cl. The normalized spacial score (nSPS) is 16.7. The fourth-order valence-corrected chi connectivity index (χ4v) is 3.06. The van der Waals surface area contributed by atoms with E-state index in [-0.39, 0.29) is 17.9 Å². The molecule has 1 aliphatic rings. The lowest BCUT2D eigenvalue weighted by molar-refractivity contribution is 0.0703. The van der Waals surface area contributed by atoms with Crippen LogP contribution in [0.4, 0.5) is 11.8 Å². The molecular formula is C14H13Cl2N5O. The second kappa shape index (κ2) is 5.30. The van der Waals surface area contributed by atoms with Crippen LogP contribution >= 0.6 is 23.2 Å². The molecule has 3 rings (SSSR count). The second-order valence-corrected chi connectivity index (χ2v) is 5.91. The first-order valence-corrected chi connectivity index (χ1v) is 7.32. The zero-order valence-electron chi connectivity index (χ0n) is 11.7. The molecule has 6 nitrogen and oxygen atoms in total. The molecule has 0 aliphatic carbocycles. The number of nitrogen functional groups attached to an aromatic ring is 2. The topological polar surface area (TPSA) is 98.1 Å². The average Bonchev–Trinajstić information content (AvgIpc) is 2.76. The van der Waals surface area contributed by atoms with Gasteiger partial charge in [-0.05, 0) is 25.1 Å². The molecule has 1 aromatic heterocycles. The van der Waals surface area contributed by atoms with E-state index in [0.717, 1.165) is 5.56 Å². The lowest BCUT2D eigenvalue weighted by Crippen LogP contribution is -2.28. The Balaban J connectivity index is 1.97. The van der Waals surface area contributed by atoms with Crippen molar-refractivity contribution in [2.24, 2.45) is 0 Å². The van der Waals surface area contributed by atoms with Crippen LogP contribution in [0.2, 0.25) is 10.0 Å². The van der Waals surface area contributed by atoms with E-state index in [1.807, 2.05) is 6.92 Å². The van der Waals surface area contributed by atoms with E-state index in [1.54, 1.807) is 17.0 Å². The summed E-state index contributed by atoms with van der Waals surface area (Å²) < 4.78 is 0. The lowest BCUT2D eigenvalue weighted by Gasteiger charge is -2.22. The Morgan fingerprint density at radius 2 is 2.05 bits per heavy atom. The van der Waals surface area contributed by atoms with Crippen LogP contribution in [-0.4, -0.2) is 20.8 Å². The molecule has 1 aliphatic heterocycles. The van der Waals surface area contributed by atoms with Gasteiger partial charge in [-0.2, -0.15) is 4.98 Å². The number of nitrogens with two attached hydrogens (primary N) is 2. The number of carbonyl (C=O) groups excluding carboxylic acids is 1. The molecule has 0 saturated heterocycles. The van der Waals surface area contributed by atoms with Crippen molar-refractivity contribution >= 4 is 40.9 Å². The maximum Gasteiger partial charge on any atom is 0.256 e. The Morgan fingerprint density at radius 3 is 2.73 bits per heavy atom. The van der Waals surface area contributed by atoms with E-state index in [0.29, 0.717) is 33.7 Å². The monoisotopic (exact) mass is 337 g/mol.